The lowest BCUT2D eigenvalue weighted by Crippen LogP contribution is -2.30. The number of fused-ring (bicyclic) bond motifs is 1. The van der Waals surface area contributed by atoms with E-state index in [0.717, 1.165) is 42.8 Å². The van der Waals surface area contributed by atoms with E-state index in [1.807, 2.05) is 32.0 Å². The summed E-state index contributed by atoms with van der Waals surface area (Å²) in [6, 6.07) is 5.76. The zero-order valence-electron chi connectivity index (χ0n) is 13.6. The highest BCUT2D eigenvalue weighted by Crippen LogP contribution is 2.14. The predicted octanol–water partition coefficient (Wildman–Crippen LogP) is 2.03. The third-order valence-electron chi connectivity index (χ3n) is 4.37. The fourth-order valence-electron chi connectivity index (χ4n) is 2.88. The van der Waals surface area contributed by atoms with E-state index in [0.29, 0.717) is 6.54 Å². The summed E-state index contributed by atoms with van der Waals surface area (Å²) < 4.78 is 2.98. The lowest BCUT2D eigenvalue weighted by Gasteiger charge is -2.07. The number of hydrogen-bond donors (Lipinski definition) is 1. The van der Waals surface area contributed by atoms with Crippen molar-refractivity contribution in [2.45, 2.75) is 52.6 Å². The maximum absolute atomic E-state index is 12.3. The summed E-state index contributed by atoms with van der Waals surface area (Å²) in [6.45, 7) is 4.68. The standard InChI is InChI=1S/C17H22N4O2/c1-12-7-8-14(10-13(12)2)18-16(22)11-21-17(23)20-9-5-3-4-6-15(20)19-21/h7-8,10H,3-6,9,11H2,1-2H3,(H,18,22). The minimum atomic E-state index is -0.233. The van der Waals surface area contributed by atoms with Crippen molar-refractivity contribution in [3.05, 3.63) is 45.6 Å². The number of carbonyl (C=O) groups excluding carboxylic acids is 1. The Morgan fingerprint density at radius 1 is 1.22 bits per heavy atom. The number of aryl methyl sites for hydroxylation is 3. The molecule has 122 valence electrons. The largest absolute Gasteiger partial charge is 0.346 e. The molecule has 0 fully saturated rings. The van der Waals surface area contributed by atoms with Gasteiger partial charge in [-0.15, -0.1) is 0 Å². The lowest BCUT2D eigenvalue weighted by molar-refractivity contribution is -0.117. The number of amides is 1. The van der Waals surface area contributed by atoms with Gasteiger partial charge in [-0.2, -0.15) is 5.10 Å². The van der Waals surface area contributed by atoms with Gasteiger partial charge in [0.1, 0.15) is 12.4 Å². The molecule has 2 heterocycles. The topological polar surface area (TPSA) is 68.9 Å². The van der Waals surface area contributed by atoms with Gasteiger partial charge in [-0.3, -0.25) is 9.36 Å². The van der Waals surface area contributed by atoms with Gasteiger partial charge in [0.15, 0.2) is 0 Å². The number of rotatable bonds is 3. The first-order valence-corrected chi connectivity index (χ1v) is 8.08. The first-order chi connectivity index (χ1) is 11.0. The number of benzene rings is 1. The molecule has 1 aromatic carbocycles. The molecule has 0 saturated heterocycles. The summed E-state index contributed by atoms with van der Waals surface area (Å²) in [5, 5.41) is 7.16. The smallest absolute Gasteiger partial charge is 0.324 e. The second-order valence-corrected chi connectivity index (χ2v) is 6.17. The molecule has 1 aliphatic heterocycles. The van der Waals surface area contributed by atoms with E-state index in [1.54, 1.807) is 4.57 Å². The Kier molecular flexibility index (Phi) is 4.32. The fraction of sp³-hybridized carbons (Fsp3) is 0.471. The summed E-state index contributed by atoms with van der Waals surface area (Å²) in [6.07, 6.45) is 3.97. The summed E-state index contributed by atoms with van der Waals surface area (Å²) >= 11 is 0. The lowest BCUT2D eigenvalue weighted by atomic mass is 10.1. The van der Waals surface area contributed by atoms with Crippen molar-refractivity contribution in [1.82, 2.24) is 14.3 Å². The Balaban J connectivity index is 1.73. The van der Waals surface area contributed by atoms with Gasteiger partial charge in [-0.05, 0) is 49.9 Å². The van der Waals surface area contributed by atoms with Crippen molar-refractivity contribution in [1.29, 1.82) is 0 Å². The zero-order valence-corrected chi connectivity index (χ0v) is 13.6. The molecule has 1 N–H and O–H groups in total. The maximum Gasteiger partial charge on any atom is 0.346 e. The summed E-state index contributed by atoms with van der Waals surface area (Å²) in [5.74, 6) is 0.565. The molecule has 0 bridgehead atoms. The molecule has 0 aliphatic carbocycles. The van der Waals surface area contributed by atoms with Gasteiger partial charge in [-0.1, -0.05) is 12.5 Å². The van der Waals surface area contributed by atoms with Crippen LogP contribution in [0.1, 0.15) is 36.2 Å². The fourth-order valence-corrected chi connectivity index (χ4v) is 2.88. The second kappa shape index (κ2) is 6.40. The SMILES string of the molecule is Cc1ccc(NC(=O)Cn2nc3n(c2=O)CCCCC3)cc1C. The first kappa shape index (κ1) is 15.5. The molecule has 0 radical (unpaired) electrons. The van der Waals surface area contributed by atoms with Crippen molar-refractivity contribution in [3.8, 4) is 0 Å². The zero-order chi connectivity index (χ0) is 16.4. The Labute approximate surface area is 135 Å². The highest BCUT2D eigenvalue weighted by Gasteiger charge is 2.17. The van der Waals surface area contributed by atoms with Crippen LogP contribution in [0.25, 0.3) is 0 Å². The maximum atomic E-state index is 12.3. The molecule has 1 aliphatic rings. The monoisotopic (exact) mass is 314 g/mol. The van der Waals surface area contributed by atoms with Crippen LogP contribution >= 0.6 is 0 Å². The van der Waals surface area contributed by atoms with E-state index in [1.165, 1.54) is 10.2 Å². The molecule has 2 aromatic rings. The van der Waals surface area contributed by atoms with E-state index < -0.39 is 0 Å². The number of carbonyl (C=O) groups is 1. The number of nitrogens with zero attached hydrogens (tertiary/aromatic N) is 3. The van der Waals surface area contributed by atoms with Crippen molar-refractivity contribution in [2.75, 3.05) is 5.32 Å². The van der Waals surface area contributed by atoms with Crippen LogP contribution in [-0.2, 0) is 24.3 Å². The van der Waals surface area contributed by atoms with Crippen LogP contribution in [0.2, 0.25) is 0 Å². The Morgan fingerprint density at radius 3 is 2.83 bits per heavy atom. The van der Waals surface area contributed by atoms with Crippen molar-refractivity contribution in [3.63, 3.8) is 0 Å². The quantitative estimate of drug-likeness (QED) is 0.942. The molecule has 0 spiro atoms. The molecule has 6 nitrogen and oxygen atoms in total. The first-order valence-electron chi connectivity index (χ1n) is 8.08. The molecule has 3 rings (SSSR count). The van der Waals surface area contributed by atoms with E-state index >= 15 is 0 Å². The highest BCUT2D eigenvalue weighted by atomic mass is 16.2. The predicted molar refractivity (Wildman–Crippen MR) is 88.6 cm³/mol. The van der Waals surface area contributed by atoms with Crippen molar-refractivity contribution >= 4 is 11.6 Å². The molecule has 1 amide bonds. The molecule has 0 atom stereocenters. The molecule has 0 saturated carbocycles. The molecule has 23 heavy (non-hydrogen) atoms. The molecular weight excluding hydrogens is 292 g/mol. The van der Waals surface area contributed by atoms with Crippen LogP contribution in [-0.4, -0.2) is 20.3 Å². The van der Waals surface area contributed by atoms with E-state index in [4.69, 9.17) is 0 Å². The molecule has 6 heteroatoms. The molecule has 0 unspecified atom stereocenters. The van der Waals surface area contributed by atoms with Gasteiger partial charge in [-0.25, -0.2) is 9.48 Å². The average Bonchev–Trinajstić information content (AvgIpc) is 2.68. The summed E-state index contributed by atoms with van der Waals surface area (Å²) in [5.41, 5.74) is 2.86. The Morgan fingerprint density at radius 2 is 2.04 bits per heavy atom. The van der Waals surface area contributed by atoms with Crippen LogP contribution in [0.15, 0.2) is 23.0 Å². The second-order valence-electron chi connectivity index (χ2n) is 6.17. The normalized spacial score (nSPS) is 14.2. The average molecular weight is 314 g/mol. The Bertz CT molecular complexity index is 788. The van der Waals surface area contributed by atoms with Gasteiger partial charge in [0.05, 0.1) is 0 Å². The van der Waals surface area contributed by atoms with E-state index in [9.17, 15) is 9.59 Å². The van der Waals surface area contributed by atoms with Crippen LogP contribution in [0.3, 0.4) is 0 Å². The number of hydrogen-bond acceptors (Lipinski definition) is 3. The van der Waals surface area contributed by atoms with E-state index in [2.05, 4.69) is 10.4 Å². The minimum absolute atomic E-state index is 0.0498. The number of nitrogens with one attached hydrogen (secondary N) is 1. The summed E-state index contributed by atoms with van der Waals surface area (Å²) in [7, 11) is 0. The van der Waals surface area contributed by atoms with Gasteiger partial charge in [0.25, 0.3) is 0 Å². The molecular formula is C17H22N4O2. The summed E-state index contributed by atoms with van der Waals surface area (Å²) in [4.78, 5) is 24.5. The van der Waals surface area contributed by atoms with Gasteiger partial charge in [0, 0.05) is 18.7 Å². The third-order valence-corrected chi connectivity index (χ3v) is 4.37. The van der Waals surface area contributed by atoms with Gasteiger partial charge in [0.2, 0.25) is 5.91 Å². The van der Waals surface area contributed by atoms with Crippen molar-refractivity contribution in [2.24, 2.45) is 0 Å². The van der Waals surface area contributed by atoms with Crippen LogP contribution in [0.4, 0.5) is 5.69 Å². The minimum Gasteiger partial charge on any atom is -0.324 e. The van der Waals surface area contributed by atoms with Gasteiger partial charge >= 0.3 is 5.69 Å². The number of aromatic nitrogens is 3. The van der Waals surface area contributed by atoms with Crippen LogP contribution in [0.5, 0.6) is 0 Å². The van der Waals surface area contributed by atoms with Crippen LogP contribution < -0.4 is 11.0 Å². The van der Waals surface area contributed by atoms with Crippen molar-refractivity contribution < 1.29 is 4.79 Å². The highest BCUT2D eigenvalue weighted by molar-refractivity contribution is 5.90. The van der Waals surface area contributed by atoms with Gasteiger partial charge < -0.3 is 5.32 Å². The van der Waals surface area contributed by atoms with E-state index in [-0.39, 0.29) is 18.1 Å². The number of anilines is 1. The molecule has 1 aromatic heterocycles. The third kappa shape index (κ3) is 3.36. The van der Waals surface area contributed by atoms with Crippen LogP contribution in [0, 0.1) is 13.8 Å². The Hall–Kier alpha value is -2.37.